The van der Waals surface area contributed by atoms with Crippen molar-refractivity contribution in [2.75, 3.05) is 7.11 Å². The van der Waals surface area contributed by atoms with Crippen LogP contribution in [0.3, 0.4) is 0 Å². The van der Waals surface area contributed by atoms with Crippen LogP contribution in [-0.4, -0.2) is 21.3 Å². The Bertz CT molecular complexity index is 1170. The van der Waals surface area contributed by atoms with Crippen LogP contribution < -0.4 is 4.74 Å². The molecule has 0 saturated heterocycles. The van der Waals surface area contributed by atoms with E-state index in [2.05, 4.69) is 15.9 Å². The number of carbonyl (C=O) groups is 1. The van der Waals surface area contributed by atoms with Crippen molar-refractivity contribution in [2.24, 2.45) is 0 Å². The van der Waals surface area contributed by atoms with Crippen LogP contribution in [-0.2, 0) is 15.6 Å². The van der Waals surface area contributed by atoms with Gasteiger partial charge in [0.2, 0.25) is 5.78 Å². The second kappa shape index (κ2) is 9.60. The van der Waals surface area contributed by atoms with E-state index in [9.17, 15) is 13.2 Å². The van der Waals surface area contributed by atoms with E-state index >= 15 is 0 Å². The van der Waals surface area contributed by atoms with Crippen LogP contribution >= 0.6 is 27.5 Å². The SMILES string of the molecule is COc1ccc(/C=C(/C(=O)c2ccc(Br)cc2)S(=O)(=O)Cc2ccc(Cl)cc2)cc1. The lowest BCUT2D eigenvalue weighted by atomic mass is 10.1. The molecule has 3 aromatic carbocycles. The van der Waals surface area contributed by atoms with Gasteiger partial charge in [-0.15, -0.1) is 0 Å². The van der Waals surface area contributed by atoms with Crippen molar-refractivity contribution in [2.45, 2.75) is 5.75 Å². The summed E-state index contributed by atoms with van der Waals surface area (Å²) in [6, 6.07) is 19.9. The largest absolute Gasteiger partial charge is 0.497 e. The Morgan fingerprint density at radius 2 is 1.57 bits per heavy atom. The first kappa shape index (κ1) is 22.3. The number of methoxy groups -OCH3 is 1. The van der Waals surface area contributed by atoms with Gasteiger partial charge in [-0.25, -0.2) is 8.42 Å². The van der Waals surface area contributed by atoms with Crippen molar-refractivity contribution in [1.29, 1.82) is 0 Å². The van der Waals surface area contributed by atoms with Crippen molar-refractivity contribution >= 4 is 49.2 Å². The Labute approximate surface area is 189 Å². The van der Waals surface area contributed by atoms with Gasteiger partial charge >= 0.3 is 0 Å². The van der Waals surface area contributed by atoms with Crippen LogP contribution in [0.4, 0.5) is 0 Å². The zero-order valence-electron chi connectivity index (χ0n) is 16.0. The highest BCUT2D eigenvalue weighted by atomic mass is 79.9. The van der Waals surface area contributed by atoms with Gasteiger partial charge in [0.05, 0.1) is 12.9 Å². The fourth-order valence-electron chi connectivity index (χ4n) is 2.77. The highest BCUT2D eigenvalue weighted by molar-refractivity contribution is 9.10. The lowest BCUT2D eigenvalue weighted by Crippen LogP contribution is -2.16. The van der Waals surface area contributed by atoms with E-state index in [1.165, 1.54) is 6.08 Å². The van der Waals surface area contributed by atoms with E-state index in [1.807, 2.05) is 0 Å². The first-order chi connectivity index (χ1) is 14.3. The summed E-state index contributed by atoms with van der Waals surface area (Å²) >= 11 is 9.21. The normalized spacial score (nSPS) is 11.9. The maximum absolute atomic E-state index is 13.2. The fourth-order valence-corrected chi connectivity index (χ4v) is 4.66. The molecule has 3 rings (SSSR count). The molecule has 154 valence electrons. The number of hydrogen-bond donors (Lipinski definition) is 0. The summed E-state index contributed by atoms with van der Waals surface area (Å²) in [7, 11) is -2.39. The first-order valence-corrected chi connectivity index (χ1v) is 11.7. The molecule has 0 spiro atoms. The van der Waals surface area contributed by atoms with Crippen molar-refractivity contribution in [3.8, 4) is 5.75 Å². The second-order valence-corrected chi connectivity index (χ2v) is 9.81. The Balaban J connectivity index is 2.05. The summed E-state index contributed by atoms with van der Waals surface area (Å²) in [4.78, 5) is 12.9. The maximum Gasteiger partial charge on any atom is 0.204 e. The molecule has 0 N–H and O–H groups in total. The number of rotatable bonds is 7. The quantitative estimate of drug-likeness (QED) is 0.294. The monoisotopic (exact) mass is 504 g/mol. The summed E-state index contributed by atoms with van der Waals surface area (Å²) in [5.74, 6) is -0.238. The van der Waals surface area contributed by atoms with Gasteiger partial charge < -0.3 is 4.74 Å². The molecule has 7 heteroatoms. The third kappa shape index (κ3) is 5.59. The maximum atomic E-state index is 13.2. The Morgan fingerprint density at radius 3 is 2.13 bits per heavy atom. The lowest BCUT2D eigenvalue weighted by Gasteiger charge is -2.10. The number of ketones is 1. The Kier molecular flexibility index (Phi) is 7.13. The van der Waals surface area contributed by atoms with Gasteiger partial charge in [-0.3, -0.25) is 4.79 Å². The molecule has 0 amide bonds. The predicted molar refractivity (Wildman–Crippen MR) is 124 cm³/mol. The fraction of sp³-hybridized carbons (Fsp3) is 0.0870. The average molecular weight is 506 g/mol. The molecular weight excluding hydrogens is 488 g/mol. The molecule has 30 heavy (non-hydrogen) atoms. The summed E-state index contributed by atoms with van der Waals surface area (Å²) in [5.41, 5.74) is 1.41. The molecule has 4 nitrogen and oxygen atoms in total. The molecule has 0 aromatic heterocycles. The number of carbonyl (C=O) groups excluding carboxylic acids is 1. The van der Waals surface area contributed by atoms with E-state index in [-0.39, 0.29) is 16.2 Å². The molecule has 0 unspecified atom stereocenters. The Hall–Kier alpha value is -2.41. The van der Waals surface area contributed by atoms with Crippen molar-refractivity contribution in [3.05, 3.63) is 104 Å². The number of sulfone groups is 1. The molecule has 0 aliphatic carbocycles. The third-order valence-corrected chi connectivity index (χ3v) is 6.82. The van der Waals surface area contributed by atoms with E-state index in [4.69, 9.17) is 16.3 Å². The third-order valence-electron chi connectivity index (χ3n) is 4.35. The van der Waals surface area contributed by atoms with E-state index in [1.54, 1.807) is 79.9 Å². The van der Waals surface area contributed by atoms with Crippen LogP contribution in [0.1, 0.15) is 21.5 Å². The van der Waals surface area contributed by atoms with E-state index in [0.29, 0.717) is 21.9 Å². The van der Waals surface area contributed by atoms with Crippen LogP contribution in [0.2, 0.25) is 5.02 Å². The van der Waals surface area contributed by atoms with Crippen LogP contribution in [0, 0.1) is 0 Å². The number of hydrogen-bond acceptors (Lipinski definition) is 4. The molecular formula is C23H18BrClO4S. The Morgan fingerprint density at radius 1 is 0.967 bits per heavy atom. The molecule has 0 atom stereocenters. The molecule has 0 heterocycles. The van der Waals surface area contributed by atoms with Crippen molar-refractivity contribution in [1.82, 2.24) is 0 Å². The number of allylic oxidation sites excluding steroid dienone is 1. The highest BCUT2D eigenvalue weighted by Gasteiger charge is 2.26. The number of Topliss-reactive ketones (excluding diaryl/α,β-unsaturated/α-hetero) is 1. The van der Waals surface area contributed by atoms with E-state index < -0.39 is 15.6 Å². The summed E-state index contributed by atoms with van der Waals surface area (Å²) in [6.45, 7) is 0. The van der Waals surface area contributed by atoms with Gasteiger partial charge in [0.25, 0.3) is 0 Å². The smallest absolute Gasteiger partial charge is 0.204 e. The minimum atomic E-state index is -3.93. The zero-order chi connectivity index (χ0) is 21.7. The number of halogens is 2. The van der Waals surface area contributed by atoms with Crippen LogP contribution in [0.15, 0.2) is 82.2 Å². The van der Waals surface area contributed by atoms with Crippen LogP contribution in [0.5, 0.6) is 5.75 Å². The molecule has 0 fully saturated rings. The predicted octanol–water partition coefficient (Wildman–Crippen LogP) is 5.95. The topological polar surface area (TPSA) is 60.4 Å². The first-order valence-electron chi connectivity index (χ1n) is 8.92. The summed E-state index contributed by atoms with van der Waals surface area (Å²) in [6.07, 6.45) is 1.40. The lowest BCUT2D eigenvalue weighted by molar-refractivity contribution is 0.104. The molecule has 0 aliphatic rings. The molecule has 0 bridgehead atoms. The summed E-state index contributed by atoms with van der Waals surface area (Å²) in [5, 5.41) is 0.510. The van der Waals surface area contributed by atoms with Gasteiger partial charge in [-0.2, -0.15) is 0 Å². The molecule has 0 radical (unpaired) electrons. The van der Waals surface area contributed by atoms with Gasteiger partial charge in [0.15, 0.2) is 9.84 Å². The number of benzene rings is 3. The number of ether oxygens (including phenoxy) is 1. The van der Waals surface area contributed by atoms with Gasteiger partial charge in [-0.1, -0.05) is 51.8 Å². The average Bonchev–Trinajstić information content (AvgIpc) is 2.74. The van der Waals surface area contributed by atoms with E-state index in [0.717, 1.165) is 4.47 Å². The molecule has 3 aromatic rings. The minimum absolute atomic E-state index is 0.273. The van der Waals surface area contributed by atoms with Gasteiger partial charge in [0.1, 0.15) is 10.7 Å². The van der Waals surface area contributed by atoms with Crippen LogP contribution in [0.25, 0.3) is 6.08 Å². The summed E-state index contributed by atoms with van der Waals surface area (Å²) < 4.78 is 32.4. The molecule has 0 aliphatic heterocycles. The van der Waals surface area contributed by atoms with Crippen molar-refractivity contribution in [3.63, 3.8) is 0 Å². The van der Waals surface area contributed by atoms with Gasteiger partial charge in [-0.05, 0) is 65.7 Å². The molecule has 0 saturated carbocycles. The zero-order valence-corrected chi connectivity index (χ0v) is 19.2. The highest BCUT2D eigenvalue weighted by Crippen LogP contribution is 2.24. The minimum Gasteiger partial charge on any atom is -0.497 e. The van der Waals surface area contributed by atoms with Gasteiger partial charge in [0, 0.05) is 15.1 Å². The van der Waals surface area contributed by atoms with Crippen molar-refractivity contribution < 1.29 is 17.9 Å². The second-order valence-electron chi connectivity index (χ2n) is 6.50. The standard InChI is InChI=1S/C23H18BrClO4S/c1-29-21-12-4-16(5-13-21)14-22(23(26)18-6-8-19(24)9-7-18)30(27,28)15-17-2-10-20(25)11-3-17/h2-14H,15H2,1H3/b22-14-.